The van der Waals surface area contributed by atoms with E-state index < -0.39 is 5.97 Å². The molecule has 1 amide bonds. The molecule has 1 unspecified atom stereocenters. The van der Waals surface area contributed by atoms with E-state index in [1.807, 2.05) is 10.8 Å². The van der Waals surface area contributed by atoms with E-state index in [2.05, 4.69) is 23.8 Å². The van der Waals surface area contributed by atoms with Crippen molar-refractivity contribution in [2.75, 3.05) is 20.3 Å². The summed E-state index contributed by atoms with van der Waals surface area (Å²) in [5.74, 6) is -0.478. The van der Waals surface area contributed by atoms with E-state index in [0.717, 1.165) is 5.82 Å². The highest BCUT2D eigenvalue weighted by atomic mass is 16.5. The minimum atomic E-state index is -1.12. The van der Waals surface area contributed by atoms with Gasteiger partial charge in [-0.15, -0.1) is 0 Å². The number of aromatic carboxylic acids is 1. The second-order valence-electron chi connectivity index (χ2n) is 7.03. The molecule has 0 saturated carbocycles. The molecule has 3 heterocycles. The van der Waals surface area contributed by atoms with Gasteiger partial charge in [0, 0.05) is 44.2 Å². The molecule has 0 aromatic carbocycles. The summed E-state index contributed by atoms with van der Waals surface area (Å²) in [4.78, 5) is 33.9. The van der Waals surface area contributed by atoms with Crippen molar-refractivity contribution in [2.45, 2.75) is 26.4 Å². The van der Waals surface area contributed by atoms with Gasteiger partial charge in [0.05, 0.1) is 18.2 Å². The van der Waals surface area contributed by atoms with Gasteiger partial charge in [-0.05, 0) is 12.1 Å². The molecular formula is C18H22N4O4. The number of aromatic nitrogens is 3. The van der Waals surface area contributed by atoms with Crippen LogP contribution < -0.4 is 0 Å². The summed E-state index contributed by atoms with van der Waals surface area (Å²) in [7, 11) is 1.65. The van der Waals surface area contributed by atoms with Crippen LogP contribution in [-0.2, 0) is 11.3 Å². The maximum Gasteiger partial charge on any atom is 0.354 e. The minimum absolute atomic E-state index is 0.0860. The smallest absolute Gasteiger partial charge is 0.354 e. The quantitative estimate of drug-likeness (QED) is 0.846. The van der Waals surface area contributed by atoms with Crippen LogP contribution in [0.4, 0.5) is 0 Å². The molecule has 2 aromatic rings. The Hall–Kier alpha value is -2.74. The van der Waals surface area contributed by atoms with Crippen LogP contribution in [0, 0.1) is 5.41 Å². The van der Waals surface area contributed by atoms with E-state index >= 15 is 0 Å². The molecule has 0 aliphatic carbocycles. The first-order valence-corrected chi connectivity index (χ1v) is 8.35. The van der Waals surface area contributed by atoms with Crippen LogP contribution in [-0.4, -0.2) is 56.7 Å². The number of carboxylic acid groups (broad SMARTS) is 1. The molecule has 1 atom stereocenters. The lowest BCUT2D eigenvalue weighted by Gasteiger charge is -2.53. The van der Waals surface area contributed by atoms with Gasteiger partial charge < -0.3 is 19.3 Å². The topological polar surface area (TPSA) is 97.6 Å². The first-order chi connectivity index (χ1) is 12.3. The van der Waals surface area contributed by atoms with Gasteiger partial charge in [0.1, 0.15) is 11.5 Å². The van der Waals surface area contributed by atoms with Crippen LogP contribution in [0.25, 0.3) is 0 Å². The molecule has 1 fully saturated rings. The molecule has 0 radical (unpaired) electrons. The summed E-state index contributed by atoms with van der Waals surface area (Å²) in [5, 5.41) is 8.94. The molecule has 0 spiro atoms. The van der Waals surface area contributed by atoms with Gasteiger partial charge in [-0.25, -0.2) is 14.8 Å². The lowest BCUT2D eigenvalue weighted by Crippen LogP contribution is -2.58. The highest BCUT2D eigenvalue weighted by molar-refractivity contribution is 5.95. The highest BCUT2D eigenvalue weighted by Gasteiger charge is 2.51. The third kappa shape index (κ3) is 3.20. The Kier molecular flexibility index (Phi) is 4.78. The maximum atomic E-state index is 12.9. The summed E-state index contributed by atoms with van der Waals surface area (Å²) in [6, 6.07) is 2.68. The molecule has 8 heteroatoms. The fraction of sp³-hybridized carbons (Fsp3) is 0.444. The fourth-order valence-corrected chi connectivity index (χ4v) is 3.36. The molecule has 1 N–H and O–H groups in total. The van der Waals surface area contributed by atoms with E-state index in [9.17, 15) is 9.59 Å². The third-order valence-corrected chi connectivity index (χ3v) is 4.65. The number of hydrogen-bond donors (Lipinski definition) is 1. The predicted octanol–water partition coefficient (Wildman–Crippen LogP) is 1.85. The van der Waals surface area contributed by atoms with Gasteiger partial charge in [-0.1, -0.05) is 13.8 Å². The molecule has 1 saturated heterocycles. The number of likely N-dealkylation sites (tertiary alicyclic amines) is 1. The van der Waals surface area contributed by atoms with Crippen LogP contribution in [0.1, 0.15) is 46.6 Å². The van der Waals surface area contributed by atoms with Crippen molar-refractivity contribution in [3.05, 3.63) is 47.8 Å². The summed E-state index contributed by atoms with van der Waals surface area (Å²) in [6.45, 7) is 6.01. The predicted molar refractivity (Wildman–Crippen MR) is 92.9 cm³/mol. The van der Waals surface area contributed by atoms with Gasteiger partial charge in [-0.2, -0.15) is 0 Å². The number of carboxylic acids is 1. The summed E-state index contributed by atoms with van der Waals surface area (Å²) >= 11 is 0. The standard InChI is InChI=1S/C18H22N4O4/c1-18(2)11-22(14(18)15-19-6-7-21(15)8-9-26-3)16(23)12-4-5-13(17(24)25)20-10-12/h4-7,10,14H,8-9,11H2,1-3H3,(H,24,25). The van der Waals surface area contributed by atoms with Crippen LogP contribution >= 0.6 is 0 Å². The maximum absolute atomic E-state index is 12.9. The molecule has 2 aromatic heterocycles. The van der Waals surface area contributed by atoms with Gasteiger partial charge in [0.15, 0.2) is 0 Å². The number of carbonyl (C=O) groups excluding carboxylic acids is 1. The van der Waals surface area contributed by atoms with Gasteiger partial charge >= 0.3 is 5.97 Å². The Balaban J connectivity index is 1.85. The Bertz CT molecular complexity index is 813. The number of carbonyl (C=O) groups is 2. The number of amides is 1. The minimum Gasteiger partial charge on any atom is -0.477 e. The van der Waals surface area contributed by atoms with Crippen molar-refractivity contribution >= 4 is 11.9 Å². The van der Waals surface area contributed by atoms with Crippen LogP contribution in [0.5, 0.6) is 0 Å². The summed E-state index contributed by atoms with van der Waals surface area (Å²) in [6.07, 6.45) is 4.92. The average Bonchev–Trinajstić information content (AvgIpc) is 3.05. The van der Waals surface area contributed by atoms with Crippen molar-refractivity contribution in [2.24, 2.45) is 5.41 Å². The Morgan fingerprint density at radius 3 is 2.69 bits per heavy atom. The van der Waals surface area contributed by atoms with E-state index in [1.165, 1.54) is 18.3 Å². The van der Waals surface area contributed by atoms with E-state index in [0.29, 0.717) is 25.3 Å². The number of imidazole rings is 1. The lowest BCUT2D eigenvalue weighted by molar-refractivity contribution is -0.0382. The summed E-state index contributed by atoms with van der Waals surface area (Å²) < 4.78 is 7.14. The second-order valence-corrected chi connectivity index (χ2v) is 7.03. The largest absolute Gasteiger partial charge is 0.477 e. The monoisotopic (exact) mass is 358 g/mol. The molecule has 1 aliphatic heterocycles. The number of methoxy groups -OCH3 is 1. The molecule has 8 nitrogen and oxygen atoms in total. The zero-order valence-electron chi connectivity index (χ0n) is 15.0. The first kappa shape index (κ1) is 18.1. The Morgan fingerprint density at radius 2 is 2.12 bits per heavy atom. The average molecular weight is 358 g/mol. The number of nitrogens with zero attached hydrogens (tertiary/aromatic N) is 4. The zero-order valence-corrected chi connectivity index (χ0v) is 15.0. The molecule has 138 valence electrons. The molecule has 3 rings (SSSR count). The lowest BCUT2D eigenvalue weighted by atomic mass is 9.74. The van der Waals surface area contributed by atoms with Crippen LogP contribution in [0.15, 0.2) is 30.7 Å². The third-order valence-electron chi connectivity index (χ3n) is 4.65. The normalized spacial score (nSPS) is 18.4. The number of pyridine rings is 1. The first-order valence-electron chi connectivity index (χ1n) is 8.35. The van der Waals surface area contributed by atoms with Gasteiger partial charge in [0.2, 0.25) is 0 Å². The SMILES string of the molecule is COCCn1ccnc1C1N(C(=O)c2ccc(C(=O)O)nc2)CC1(C)C. The van der Waals surface area contributed by atoms with Crippen molar-refractivity contribution in [1.29, 1.82) is 0 Å². The number of rotatable bonds is 6. The molecular weight excluding hydrogens is 336 g/mol. The molecule has 26 heavy (non-hydrogen) atoms. The van der Waals surface area contributed by atoms with Crippen LogP contribution in [0.2, 0.25) is 0 Å². The zero-order chi connectivity index (χ0) is 18.9. The van der Waals surface area contributed by atoms with Crippen molar-refractivity contribution < 1.29 is 19.4 Å². The van der Waals surface area contributed by atoms with E-state index in [4.69, 9.17) is 9.84 Å². The highest BCUT2D eigenvalue weighted by Crippen LogP contribution is 2.48. The Morgan fingerprint density at radius 1 is 1.35 bits per heavy atom. The van der Waals surface area contributed by atoms with E-state index in [-0.39, 0.29) is 23.1 Å². The fourth-order valence-electron chi connectivity index (χ4n) is 3.36. The van der Waals surface area contributed by atoms with Crippen molar-refractivity contribution in [1.82, 2.24) is 19.4 Å². The summed E-state index contributed by atoms with van der Waals surface area (Å²) in [5.41, 5.74) is 0.169. The van der Waals surface area contributed by atoms with Crippen molar-refractivity contribution in [3.8, 4) is 0 Å². The van der Waals surface area contributed by atoms with Crippen LogP contribution in [0.3, 0.4) is 0 Å². The Labute approximate surface area is 151 Å². The van der Waals surface area contributed by atoms with Gasteiger partial charge in [-0.3, -0.25) is 4.79 Å². The molecule has 1 aliphatic rings. The number of hydrogen-bond acceptors (Lipinski definition) is 5. The van der Waals surface area contributed by atoms with Crippen molar-refractivity contribution in [3.63, 3.8) is 0 Å². The molecule has 0 bridgehead atoms. The van der Waals surface area contributed by atoms with E-state index in [1.54, 1.807) is 18.2 Å². The second kappa shape index (κ2) is 6.87. The van der Waals surface area contributed by atoms with Gasteiger partial charge in [0.25, 0.3) is 5.91 Å². The number of ether oxygens (including phenoxy) is 1.